The molecule has 1 aromatic rings. The molecule has 106 valence electrons. The molecular formula is C15H23BrN2O. The molecule has 0 bridgehead atoms. The van der Waals surface area contributed by atoms with Crippen molar-refractivity contribution < 1.29 is 4.74 Å². The van der Waals surface area contributed by atoms with E-state index in [9.17, 15) is 0 Å². The minimum atomic E-state index is 0.172. The molecule has 0 spiro atoms. The first-order valence-corrected chi connectivity index (χ1v) is 7.79. The molecule has 2 atom stereocenters. The third kappa shape index (κ3) is 3.30. The van der Waals surface area contributed by atoms with Crippen molar-refractivity contribution in [1.82, 2.24) is 4.90 Å². The average Bonchev–Trinajstić information content (AvgIpc) is 2.60. The number of nitrogens with zero attached hydrogens (tertiary/aromatic N) is 1. The summed E-state index contributed by atoms with van der Waals surface area (Å²) < 4.78 is 6.61. The maximum Gasteiger partial charge on any atom is 0.123 e. The molecule has 0 radical (unpaired) electrons. The number of likely N-dealkylation sites (tertiary alicyclic amines) is 1. The molecular weight excluding hydrogens is 304 g/mol. The highest BCUT2D eigenvalue weighted by Crippen LogP contribution is 2.36. The maximum absolute atomic E-state index is 6.44. The molecule has 2 N–H and O–H groups in total. The van der Waals surface area contributed by atoms with E-state index in [-0.39, 0.29) is 12.1 Å². The lowest BCUT2D eigenvalue weighted by atomic mass is 9.95. The lowest BCUT2D eigenvalue weighted by Crippen LogP contribution is -2.39. The number of likely N-dealkylation sites (N-methyl/N-ethyl adjacent to an activating group) is 1. The van der Waals surface area contributed by atoms with Gasteiger partial charge in [-0.05, 0) is 44.1 Å². The topological polar surface area (TPSA) is 38.5 Å². The normalized spacial score (nSPS) is 25.1. The van der Waals surface area contributed by atoms with E-state index < -0.39 is 0 Å². The van der Waals surface area contributed by atoms with E-state index in [4.69, 9.17) is 10.5 Å². The number of hydrogen-bond donors (Lipinski definition) is 1. The Morgan fingerprint density at radius 2 is 2.21 bits per heavy atom. The number of hydrogen-bond acceptors (Lipinski definition) is 3. The average molecular weight is 327 g/mol. The highest BCUT2D eigenvalue weighted by Gasteiger charge is 2.30. The predicted molar refractivity (Wildman–Crippen MR) is 82.5 cm³/mol. The Morgan fingerprint density at radius 3 is 2.89 bits per heavy atom. The summed E-state index contributed by atoms with van der Waals surface area (Å²) in [7, 11) is 1.73. The van der Waals surface area contributed by atoms with E-state index in [2.05, 4.69) is 33.8 Å². The Hall–Kier alpha value is -0.580. The summed E-state index contributed by atoms with van der Waals surface area (Å²) in [5, 5.41) is 0. The van der Waals surface area contributed by atoms with Crippen molar-refractivity contribution in [3.63, 3.8) is 0 Å². The highest BCUT2D eigenvalue weighted by molar-refractivity contribution is 9.10. The SMILES string of the molecule is CCN1CCCCC(N)C1c1cc(Br)ccc1OC. The zero-order valence-corrected chi connectivity index (χ0v) is 13.3. The Morgan fingerprint density at radius 1 is 1.42 bits per heavy atom. The Balaban J connectivity index is 2.42. The Kier molecular flexibility index (Phi) is 5.25. The van der Waals surface area contributed by atoms with Crippen LogP contribution < -0.4 is 10.5 Å². The van der Waals surface area contributed by atoms with E-state index in [1.165, 1.54) is 18.4 Å². The number of methoxy groups -OCH3 is 1. The lowest BCUT2D eigenvalue weighted by Gasteiger charge is -2.33. The molecule has 1 heterocycles. The molecule has 2 rings (SSSR count). The lowest BCUT2D eigenvalue weighted by molar-refractivity contribution is 0.191. The van der Waals surface area contributed by atoms with Gasteiger partial charge in [0.05, 0.1) is 13.2 Å². The van der Waals surface area contributed by atoms with E-state index in [0.29, 0.717) is 0 Å². The number of nitrogens with two attached hydrogens (primary N) is 1. The zero-order chi connectivity index (χ0) is 13.8. The molecule has 0 aromatic heterocycles. The number of benzene rings is 1. The second-order valence-electron chi connectivity index (χ2n) is 5.12. The summed E-state index contributed by atoms with van der Waals surface area (Å²) in [5.41, 5.74) is 7.64. The van der Waals surface area contributed by atoms with Crippen molar-refractivity contribution in [3.8, 4) is 5.75 Å². The molecule has 3 nitrogen and oxygen atoms in total. The molecule has 2 unspecified atom stereocenters. The van der Waals surface area contributed by atoms with E-state index in [1.807, 2.05) is 12.1 Å². The third-order valence-electron chi connectivity index (χ3n) is 3.95. The zero-order valence-electron chi connectivity index (χ0n) is 11.7. The van der Waals surface area contributed by atoms with Crippen LogP contribution in [0, 0.1) is 0 Å². The quantitative estimate of drug-likeness (QED) is 0.925. The largest absolute Gasteiger partial charge is 0.496 e. The number of ether oxygens (including phenoxy) is 1. The third-order valence-corrected chi connectivity index (χ3v) is 4.44. The first kappa shape index (κ1) is 14.8. The van der Waals surface area contributed by atoms with Crippen LogP contribution in [-0.2, 0) is 0 Å². The van der Waals surface area contributed by atoms with E-state index >= 15 is 0 Å². The molecule has 1 aliphatic heterocycles. The van der Waals surface area contributed by atoms with E-state index in [0.717, 1.165) is 29.7 Å². The van der Waals surface area contributed by atoms with Gasteiger partial charge in [-0.25, -0.2) is 0 Å². The van der Waals surface area contributed by atoms with Crippen molar-refractivity contribution in [2.75, 3.05) is 20.2 Å². The molecule has 19 heavy (non-hydrogen) atoms. The minimum Gasteiger partial charge on any atom is -0.496 e. The van der Waals surface area contributed by atoms with Gasteiger partial charge in [0.15, 0.2) is 0 Å². The van der Waals surface area contributed by atoms with Gasteiger partial charge in [-0.2, -0.15) is 0 Å². The first-order valence-electron chi connectivity index (χ1n) is 7.00. The monoisotopic (exact) mass is 326 g/mol. The van der Waals surface area contributed by atoms with Gasteiger partial charge in [-0.1, -0.05) is 29.3 Å². The van der Waals surface area contributed by atoms with Gasteiger partial charge in [-0.3, -0.25) is 4.90 Å². The molecule has 0 aliphatic carbocycles. The second kappa shape index (κ2) is 6.73. The van der Waals surface area contributed by atoms with Gasteiger partial charge in [0.2, 0.25) is 0 Å². The van der Waals surface area contributed by atoms with Gasteiger partial charge < -0.3 is 10.5 Å². The smallest absolute Gasteiger partial charge is 0.123 e. The Labute approximate surface area is 124 Å². The summed E-state index contributed by atoms with van der Waals surface area (Å²) in [5.74, 6) is 0.934. The fourth-order valence-electron chi connectivity index (χ4n) is 2.98. The van der Waals surface area contributed by atoms with Crippen LogP contribution in [0.5, 0.6) is 5.75 Å². The van der Waals surface area contributed by atoms with Gasteiger partial charge >= 0.3 is 0 Å². The maximum atomic E-state index is 6.44. The fourth-order valence-corrected chi connectivity index (χ4v) is 3.36. The second-order valence-corrected chi connectivity index (χ2v) is 6.04. The van der Waals surface area contributed by atoms with Crippen molar-refractivity contribution in [3.05, 3.63) is 28.2 Å². The van der Waals surface area contributed by atoms with Gasteiger partial charge in [0, 0.05) is 16.1 Å². The minimum absolute atomic E-state index is 0.172. The van der Waals surface area contributed by atoms with Crippen LogP contribution in [0.15, 0.2) is 22.7 Å². The highest BCUT2D eigenvalue weighted by atomic mass is 79.9. The molecule has 1 fully saturated rings. The van der Waals surface area contributed by atoms with Gasteiger partial charge in [0.1, 0.15) is 5.75 Å². The van der Waals surface area contributed by atoms with Gasteiger partial charge in [-0.15, -0.1) is 0 Å². The summed E-state index contributed by atoms with van der Waals surface area (Å²) in [6.07, 6.45) is 3.52. The summed E-state index contributed by atoms with van der Waals surface area (Å²) in [6.45, 7) is 4.34. The predicted octanol–water partition coefficient (Wildman–Crippen LogP) is 3.33. The summed E-state index contributed by atoms with van der Waals surface area (Å²) in [6, 6.07) is 6.61. The van der Waals surface area contributed by atoms with Crippen molar-refractivity contribution in [2.24, 2.45) is 5.73 Å². The van der Waals surface area contributed by atoms with Crippen molar-refractivity contribution >= 4 is 15.9 Å². The van der Waals surface area contributed by atoms with Crippen LogP contribution in [0.3, 0.4) is 0 Å². The van der Waals surface area contributed by atoms with Crippen LogP contribution in [0.4, 0.5) is 0 Å². The first-order chi connectivity index (χ1) is 9.17. The molecule has 1 aromatic carbocycles. The molecule has 1 saturated heterocycles. The van der Waals surface area contributed by atoms with E-state index in [1.54, 1.807) is 7.11 Å². The molecule has 4 heteroatoms. The van der Waals surface area contributed by atoms with Crippen LogP contribution >= 0.6 is 15.9 Å². The molecule has 1 aliphatic rings. The van der Waals surface area contributed by atoms with Crippen LogP contribution in [0.25, 0.3) is 0 Å². The summed E-state index contributed by atoms with van der Waals surface area (Å²) >= 11 is 3.56. The molecule has 0 amide bonds. The van der Waals surface area contributed by atoms with Crippen molar-refractivity contribution in [1.29, 1.82) is 0 Å². The molecule has 0 saturated carbocycles. The number of halogens is 1. The number of rotatable bonds is 3. The van der Waals surface area contributed by atoms with Crippen LogP contribution in [0.2, 0.25) is 0 Å². The van der Waals surface area contributed by atoms with Gasteiger partial charge in [0.25, 0.3) is 0 Å². The fraction of sp³-hybridized carbons (Fsp3) is 0.600. The Bertz CT molecular complexity index is 425. The summed E-state index contributed by atoms with van der Waals surface area (Å²) in [4.78, 5) is 2.47. The van der Waals surface area contributed by atoms with Crippen molar-refractivity contribution in [2.45, 2.75) is 38.3 Å². The van der Waals surface area contributed by atoms with Crippen LogP contribution in [-0.4, -0.2) is 31.1 Å². The standard InChI is InChI=1S/C15H23BrN2O/c1-3-18-9-5-4-6-13(17)15(18)12-10-11(16)7-8-14(12)19-2/h7-8,10,13,15H,3-6,9,17H2,1-2H3. The van der Waals surface area contributed by atoms with Crippen LogP contribution in [0.1, 0.15) is 37.8 Å².